The molecule has 0 radical (unpaired) electrons. The monoisotopic (exact) mass is 496 g/mol. The molecule has 3 heterocycles. The molecular formula is C22H26Cl2N4O3S. The number of rotatable bonds is 5. The van der Waals surface area contributed by atoms with E-state index >= 15 is 0 Å². The number of carbonyl (C=O) groups is 1. The molecule has 0 N–H and O–H groups in total. The van der Waals surface area contributed by atoms with E-state index in [0.29, 0.717) is 25.9 Å². The predicted molar refractivity (Wildman–Crippen MR) is 124 cm³/mol. The van der Waals surface area contributed by atoms with Crippen molar-refractivity contribution in [1.82, 2.24) is 19.1 Å². The van der Waals surface area contributed by atoms with Gasteiger partial charge < -0.3 is 4.90 Å². The molecule has 0 aliphatic carbocycles. The second-order valence-corrected chi connectivity index (χ2v) is 10.9. The molecular weight excluding hydrogens is 471 g/mol. The Labute approximate surface area is 199 Å². The summed E-state index contributed by atoms with van der Waals surface area (Å²) in [6.45, 7) is 4.40. The van der Waals surface area contributed by atoms with Crippen molar-refractivity contribution in [2.75, 3.05) is 39.3 Å². The van der Waals surface area contributed by atoms with Crippen LogP contribution in [0.3, 0.4) is 0 Å². The van der Waals surface area contributed by atoms with Crippen molar-refractivity contribution in [1.29, 1.82) is 0 Å². The first-order chi connectivity index (χ1) is 15.4. The van der Waals surface area contributed by atoms with Crippen molar-refractivity contribution >= 4 is 39.1 Å². The molecule has 32 heavy (non-hydrogen) atoms. The van der Waals surface area contributed by atoms with Gasteiger partial charge in [-0.2, -0.15) is 4.31 Å². The maximum Gasteiger partial charge on any atom is 0.246 e. The zero-order chi connectivity index (χ0) is 22.7. The molecule has 0 saturated carbocycles. The zero-order valence-corrected chi connectivity index (χ0v) is 20.0. The minimum atomic E-state index is -3.80. The first-order valence-electron chi connectivity index (χ1n) is 10.7. The maximum atomic E-state index is 13.0. The SMILES string of the molecule is O=C(C1CCN(S(=O)(=O)c2c(Cl)cccc2Cl)CC1)N1CCN(Cc2cccnc2)CC1. The molecule has 172 valence electrons. The molecule has 2 fully saturated rings. The van der Waals surface area contributed by atoms with Crippen LogP contribution in [0.15, 0.2) is 47.6 Å². The van der Waals surface area contributed by atoms with Crippen LogP contribution in [0.2, 0.25) is 10.0 Å². The Morgan fingerprint density at radius 1 is 0.969 bits per heavy atom. The highest BCUT2D eigenvalue weighted by molar-refractivity contribution is 7.89. The zero-order valence-electron chi connectivity index (χ0n) is 17.7. The number of sulfonamides is 1. The van der Waals surface area contributed by atoms with Gasteiger partial charge in [-0.3, -0.25) is 14.7 Å². The Hall–Kier alpha value is -1.71. The number of piperazine rings is 1. The minimum absolute atomic E-state index is 0.0575. The average molecular weight is 497 g/mol. The van der Waals surface area contributed by atoms with Crippen LogP contribution in [0.4, 0.5) is 0 Å². The summed E-state index contributed by atoms with van der Waals surface area (Å²) in [4.78, 5) is 21.4. The first-order valence-corrected chi connectivity index (χ1v) is 12.9. The number of aromatic nitrogens is 1. The van der Waals surface area contributed by atoms with Crippen molar-refractivity contribution in [3.63, 3.8) is 0 Å². The van der Waals surface area contributed by atoms with Gasteiger partial charge in [-0.05, 0) is 36.6 Å². The predicted octanol–water partition coefficient (Wildman–Crippen LogP) is 3.13. The third kappa shape index (κ3) is 5.10. The summed E-state index contributed by atoms with van der Waals surface area (Å²) in [6, 6.07) is 8.64. The van der Waals surface area contributed by atoms with Gasteiger partial charge in [-0.25, -0.2) is 8.42 Å². The van der Waals surface area contributed by atoms with E-state index in [9.17, 15) is 13.2 Å². The van der Waals surface area contributed by atoms with E-state index in [1.54, 1.807) is 12.3 Å². The summed E-state index contributed by atoms with van der Waals surface area (Å²) in [7, 11) is -3.80. The van der Waals surface area contributed by atoms with E-state index in [4.69, 9.17) is 23.2 Å². The van der Waals surface area contributed by atoms with Crippen molar-refractivity contribution in [3.05, 3.63) is 58.3 Å². The van der Waals surface area contributed by atoms with E-state index in [0.717, 1.165) is 19.6 Å². The number of piperidine rings is 1. The maximum absolute atomic E-state index is 13.0. The lowest BCUT2D eigenvalue weighted by atomic mass is 9.96. The quantitative estimate of drug-likeness (QED) is 0.635. The molecule has 2 saturated heterocycles. The highest BCUT2D eigenvalue weighted by atomic mass is 35.5. The van der Waals surface area contributed by atoms with Crippen LogP contribution in [0.5, 0.6) is 0 Å². The molecule has 4 rings (SSSR count). The van der Waals surface area contributed by atoms with Crippen LogP contribution in [0, 0.1) is 5.92 Å². The Balaban J connectivity index is 1.30. The number of pyridine rings is 1. The van der Waals surface area contributed by atoms with Crippen LogP contribution in [0.1, 0.15) is 18.4 Å². The van der Waals surface area contributed by atoms with Gasteiger partial charge in [0, 0.05) is 64.1 Å². The molecule has 1 amide bonds. The molecule has 1 aromatic carbocycles. The van der Waals surface area contributed by atoms with Crippen molar-refractivity contribution in [2.45, 2.75) is 24.3 Å². The smallest absolute Gasteiger partial charge is 0.246 e. The number of hydrogen-bond donors (Lipinski definition) is 0. The Morgan fingerprint density at radius 2 is 1.62 bits per heavy atom. The lowest BCUT2D eigenvalue weighted by Gasteiger charge is -2.38. The molecule has 0 atom stereocenters. The van der Waals surface area contributed by atoms with E-state index in [1.807, 2.05) is 17.2 Å². The third-order valence-corrected chi connectivity index (χ3v) is 8.99. The van der Waals surface area contributed by atoms with Gasteiger partial charge >= 0.3 is 0 Å². The molecule has 10 heteroatoms. The first kappa shape index (κ1) is 23.4. The summed E-state index contributed by atoms with van der Waals surface area (Å²) >= 11 is 12.2. The Bertz CT molecular complexity index is 1030. The van der Waals surface area contributed by atoms with E-state index in [2.05, 4.69) is 16.0 Å². The van der Waals surface area contributed by atoms with E-state index in [-0.39, 0.29) is 39.9 Å². The Kier molecular flexibility index (Phi) is 7.37. The fourth-order valence-electron chi connectivity index (χ4n) is 4.34. The number of amides is 1. The molecule has 7 nitrogen and oxygen atoms in total. The number of benzene rings is 1. The summed E-state index contributed by atoms with van der Waals surface area (Å²) in [6.07, 6.45) is 4.63. The highest BCUT2D eigenvalue weighted by Gasteiger charge is 2.36. The van der Waals surface area contributed by atoms with Gasteiger partial charge in [0.1, 0.15) is 4.90 Å². The fourth-order valence-corrected chi connectivity index (χ4v) is 6.90. The molecule has 0 unspecified atom stereocenters. The van der Waals surface area contributed by atoms with Crippen LogP contribution in [-0.2, 0) is 21.4 Å². The summed E-state index contributed by atoms with van der Waals surface area (Å²) in [5.74, 6) is -0.0353. The van der Waals surface area contributed by atoms with Crippen LogP contribution in [-0.4, -0.2) is 72.7 Å². The number of halogens is 2. The molecule has 2 aliphatic rings. The average Bonchev–Trinajstić information content (AvgIpc) is 2.80. The third-order valence-electron chi connectivity index (χ3n) is 6.13. The van der Waals surface area contributed by atoms with Gasteiger partial charge in [0.15, 0.2) is 0 Å². The van der Waals surface area contributed by atoms with E-state index < -0.39 is 10.0 Å². The fraction of sp³-hybridized carbons (Fsp3) is 0.455. The minimum Gasteiger partial charge on any atom is -0.340 e. The van der Waals surface area contributed by atoms with Crippen LogP contribution >= 0.6 is 23.2 Å². The van der Waals surface area contributed by atoms with Crippen LogP contribution < -0.4 is 0 Å². The van der Waals surface area contributed by atoms with Crippen molar-refractivity contribution in [2.24, 2.45) is 5.92 Å². The normalized spacial score (nSPS) is 19.2. The summed E-state index contributed by atoms with van der Waals surface area (Å²) < 4.78 is 27.5. The van der Waals surface area contributed by atoms with Crippen molar-refractivity contribution in [3.8, 4) is 0 Å². The van der Waals surface area contributed by atoms with Crippen LogP contribution in [0.25, 0.3) is 0 Å². The lowest BCUT2D eigenvalue weighted by Crippen LogP contribution is -2.51. The van der Waals surface area contributed by atoms with Gasteiger partial charge in [0.25, 0.3) is 0 Å². The number of carbonyl (C=O) groups excluding carboxylic acids is 1. The van der Waals surface area contributed by atoms with Crippen molar-refractivity contribution < 1.29 is 13.2 Å². The van der Waals surface area contributed by atoms with Gasteiger partial charge in [-0.1, -0.05) is 35.3 Å². The standard InChI is InChI=1S/C22H26Cl2N4O3S/c23-19-4-1-5-20(24)21(19)32(30,31)28-9-6-18(7-10-28)22(29)27-13-11-26(12-14-27)16-17-3-2-8-25-15-17/h1-5,8,15,18H,6-7,9-14,16H2. The number of nitrogens with zero attached hydrogens (tertiary/aromatic N) is 4. The Morgan fingerprint density at radius 3 is 2.22 bits per heavy atom. The topological polar surface area (TPSA) is 73.8 Å². The number of hydrogen-bond acceptors (Lipinski definition) is 5. The highest BCUT2D eigenvalue weighted by Crippen LogP contribution is 2.33. The second kappa shape index (κ2) is 10.1. The lowest BCUT2D eigenvalue weighted by molar-refractivity contribution is -0.138. The summed E-state index contributed by atoms with van der Waals surface area (Å²) in [5, 5.41) is 0.222. The molecule has 2 aromatic rings. The van der Waals surface area contributed by atoms with Gasteiger partial charge in [0.05, 0.1) is 10.0 Å². The molecule has 2 aliphatic heterocycles. The summed E-state index contributed by atoms with van der Waals surface area (Å²) in [5.41, 5.74) is 1.17. The molecule has 1 aromatic heterocycles. The van der Waals surface area contributed by atoms with E-state index in [1.165, 1.54) is 22.0 Å². The second-order valence-electron chi connectivity index (χ2n) is 8.19. The van der Waals surface area contributed by atoms with Gasteiger partial charge in [0.2, 0.25) is 15.9 Å². The molecule has 0 spiro atoms. The molecule has 0 bridgehead atoms. The van der Waals surface area contributed by atoms with Gasteiger partial charge in [-0.15, -0.1) is 0 Å². The largest absolute Gasteiger partial charge is 0.340 e.